The van der Waals surface area contributed by atoms with Crippen LogP contribution in [0.1, 0.15) is 0 Å². The van der Waals surface area contributed by atoms with E-state index in [0.717, 1.165) is 0 Å². The second kappa shape index (κ2) is 4.72. The van der Waals surface area contributed by atoms with Crippen molar-refractivity contribution in [2.24, 2.45) is 0 Å². The molecule has 0 saturated carbocycles. The van der Waals surface area contributed by atoms with Crippen LogP contribution in [0.2, 0.25) is 0 Å². The van der Waals surface area contributed by atoms with Crippen molar-refractivity contribution >= 4 is 37.1 Å². The highest BCUT2D eigenvalue weighted by Crippen LogP contribution is 2.41. The third-order valence-corrected chi connectivity index (χ3v) is 3.58. The monoisotopic (exact) mass is 348 g/mol. The van der Waals surface area contributed by atoms with Crippen LogP contribution in [0.5, 0.6) is 0 Å². The molecule has 18 heavy (non-hydrogen) atoms. The molecule has 11 heteroatoms. The summed E-state index contributed by atoms with van der Waals surface area (Å²) in [5.74, 6) is -1.83. The molecule has 0 atom stereocenters. The largest absolute Gasteiger partial charge is 0.336 e. The predicted octanol–water partition coefficient (Wildman–Crippen LogP) is 2.48. The summed E-state index contributed by atoms with van der Waals surface area (Å²) in [6.45, 7) is 0. The van der Waals surface area contributed by atoms with Gasteiger partial charge in [-0.1, -0.05) is 8.96 Å². The summed E-state index contributed by atoms with van der Waals surface area (Å²) < 4.78 is 60.2. The van der Waals surface area contributed by atoms with Gasteiger partial charge in [0.2, 0.25) is 5.82 Å². The molecule has 0 aromatic heterocycles. The van der Waals surface area contributed by atoms with Gasteiger partial charge >= 0.3 is 5.69 Å². The molecule has 0 radical (unpaired) electrons. The van der Waals surface area contributed by atoms with Crippen LogP contribution in [0.25, 0.3) is 0 Å². The smallest absolute Gasteiger partial charge is 0.258 e. The number of anilines is 1. The summed E-state index contributed by atoms with van der Waals surface area (Å²) in [5, 5.41) is 8.90. The van der Waals surface area contributed by atoms with Gasteiger partial charge in [-0.05, 0) is 27.3 Å². The first kappa shape index (κ1) is 14.7. The maximum atomic E-state index is 13.6. The lowest BCUT2D eigenvalue weighted by molar-refractivity contribution is -0.387. The molecule has 0 aliphatic heterocycles. The quantitative estimate of drug-likeness (QED) is 0.476. The highest BCUT2D eigenvalue weighted by Gasteiger charge is 2.34. The molecule has 0 aliphatic rings. The fourth-order valence-corrected chi connectivity index (χ4v) is 2.63. The molecule has 1 aromatic carbocycles. The van der Waals surface area contributed by atoms with Gasteiger partial charge < -0.3 is 0 Å². The molecule has 6 nitrogen and oxygen atoms in total. The average Bonchev–Trinajstić information content (AvgIpc) is 2.17. The first-order chi connectivity index (χ1) is 8.07. The van der Waals surface area contributed by atoms with Gasteiger partial charge in [-0.3, -0.25) is 10.1 Å². The third-order valence-electron chi connectivity index (χ3n) is 1.88. The van der Waals surface area contributed by atoms with E-state index in [4.69, 9.17) is 0 Å². The molecule has 100 valence electrons. The Bertz CT molecular complexity index is 620. The highest BCUT2D eigenvalue weighted by molar-refractivity contribution is 9.10. The molecule has 1 rings (SSSR count). The second-order valence-electron chi connectivity index (χ2n) is 3.13. The minimum atomic E-state index is -4.13. The van der Waals surface area contributed by atoms with E-state index in [9.17, 15) is 31.9 Å². The van der Waals surface area contributed by atoms with Gasteiger partial charge in [-0.2, -0.15) is 4.39 Å². The molecule has 0 saturated heterocycles. The molecular formula is C7H4BrF3N2O4S. The first-order valence-electron chi connectivity index (χ1n) is 4.05. The Morgan fingerprint density at radius 2 is 1.94 bits per heavy atom. The SMILES string of the molecule is CS(=O)(=O)c1cc(Br)c(N(F)F)c([N+](=O)[O-])c1F. The van der Waals surface area contributed by atoms with Crippen LogP contribution in [0.3, 0.4) is 0 Å². The van der Waals surface area contributed by atoms with E-state index >= 15 is 0 Å². The van der Waals surface area contributed by atoms with E-state index in [1.807, 2.05) is 0 Å². The summed E-state index contributed by atoms with van der Waals surface area (Å²) in [4.78, 5) is 8.11. The Morgan fingerprint density at radius 1 is 1.44 bits per heavy atom. The summed E-state index contributed by atoms with van der Waals surface area (Å²) in [7, 11) is -4.13. The Morgan fingerprint density at radius 3 is 2.28 bits per heavy atom. The van der Waals surface area contributed by atoms with Crippen molar-refractivity contribution in [1.29, 1.82) is 0 Å². The van der Waals surface area contributed by atoms with E-state index in [2.05, 4.69) is 15.9 Å². The molecule has 0 spiro atoms. The summed E-state index contributed by atoms with van der Waals surface area (Å²) >= 11 is 2.54. The Labute approximate surface area is 107 Å². The maximum Gasteiger partial charge on any atom is 0.336 e. The fraction of sp³-hybridized carbons (Fsp3) is 0.143. The van der Waals surface area contributed by atoms with Crippen molar-refractivity contribution in [3.05, 3.63) is 26.5 Å². The molecular weight excluding hydrogens is 345 g/mol. The maximum absolute atomic E-state index is 13.6. The zero-order chi connectivity index (χ0) is 14.2. The van der Waals surface area contributed by atoms with Crippen LogP contribution in [0.4, 0.5) is 24.7 Å². The number of nitro benzene ring substituents is 1. The molecule has 1 aromatic rings. The van der Waals surface area contributed by atoms with Crippen LogP contribution in [-0.2, 0) is 9.84 Å². The number of rotatable bonds is 3. The van der Waals surface area contributed by atoms with E-state index in [0.29, 0.717) is 12.3 Å². The number of hydrogen-bond donors (Lipinski definition) is 0. The van der Waals surface area contributed by atoms with Gasteiger partial charge in [-0.15, -0.1) is 0 Å². The lowest BCUT2D eigenvalue weighted by Gasteiger charge is -2.09. The standard InChI is InChI=1S/C7H4BrF3N2O4S/c1-18(16,17)4-2-3(8)6(12(10)11)7(5(4)9)13(14)15/h2H,1H3. The van der Waals surface area contributed by atoms with Crippen molar-refractivity contribution in [2.45, 2.75) is 4.90 Å². The summed E-state index contributed by atoms with van der Waals surface area (Å²) in [6, 6.07) is 0.541. The van der Waals surface area contributed by atoms with Gasteiger partial charge in [0.05, 0.1) is 9.40 Å². The molecule has 0 amide bonds. The zero-order valence-electron chi connectivity index (χ0n) is 8.52. The fourth-order valence-electron chi connectivity index (χ4n) is 1.18. The highest BCUT2D eigenvalue weighted by atomic mass is 79.9. The van der Waals surface area contributed by atoms with Crippen molar-refractivity contribution in [3.8, 4) is 0 Å². The van der Waals surface area contributed by atoms with Crippen molar-refractivity contribution in [1.82, 2.24) is 0 Å². The third kappa shape index (κ3) is 2.56. The topological polar surface area (TPSA) is 80.5 Å². The number of nitro groups is 1. The molecule has 0 heterocycles. The number of sulfone groups is 1. The van der Waals surface area contributed by atoms with Crippen LogP contribution in [0, 0.1) is 15.9 Å². The predicted molar refractivity (Wildman–Crippen MR) is 58.6 cm³/mol. The molecule has 0 bridgehead atoms. The van der Waals surface area contributed by atoms with Crippen LogP contribution >= 0.6 is 15.9 Å². The van der Waals surface area contributed by atoms with Gasteiger partial charge in [-0.25, -0.2) is 8.42 Å². The van der Waals surface area contributed by atoms with E-state index < -0.39 is 46.7 Å². The first-order valence-corrected chi connectivity index (χ1v) is 6.74. The number of hydrogen-bond acceptors (Lipinski definition) is 5. The lowest BCUT2D eigenvalue weighted by atomic mass is 10.2. The van der Waals surface area contributed by atoms with Crippen LogP contribution in [0.15, 0.2) is 15.4 Å². The van der Waals surface area contributed by atoms with Crippen molar-refractivity contribution < 1.29 is 26.7 Å². The van der Waals surface area contributed by atoms with E-state index in [1.165, 1.54) is 0 Å². The molecule has 0 N–H and O–H groups in total. The number of benzene rings is 1. The summed E-state index contributed by atoms with van der Waals surface area (Å²) in [5.41, 5.74) is -2.97. The minimum Gasteiger partial charge on any atom is -0.258 e. The van der Waals surface area contributed by atoms with Gasteiger partial charge in [0.1, 0.15) is 4.90 Å². The van der Waals surface area contributed by atoms with E-state index in [1.54, 1.807) is 0 Å². The Balaban J connectivity index is 3.84. The average molecular weight is 349 g/mol. The lowest BCUT2D eigenvalue weighted by Crippen LogP contribution is -2.09. The minimum absolute atomic E-state index is 0.541. The van der Waals surface area contributed by atoms with Gasteiger partial charge in [0, 0.05) is 6.26 Å². The number of nitrogens with zero attached hydrogens (tertiary/aromatic N) is 2. The van der Waals surface area contributed by atoms with Crippen molar-refractivity contribution in [3.63, 3.8) is 0 Å². The molecule has 0 fully saturated rings. The molecule has 0 unspecified atom stereocenters. The second-order valence-corrected chi connectivity index (χ2v) is 5.97. The summed E-state index contributed by atoms with van der Waals surface area (Å²) in [6.07, 6.45) is 0.601. The number of halogens is 4. The van der Waals surface area contributed by atoms with E-state index in [-0.39, 0.29) is 0 Å². The zero-order valence-corrected chi connectivity index (χ0v) is 10.9. The van der Waals surface area contributed by atoms with Crippen LogP contribution in [-0.4, -0.2) is 19.6 Å². The Hall–Kier alpha value is -1.36. The molecule has 0 aliphatic carbocycles. The Kier molecular flexibility index (Phi) is 3.86. The van der Waals surface area contributed by atoms with Gasteiger partial charge in [0.15, 0.2) is 15.5 Å². The van der Waals surface area contributed by atoms with Gasteiger partial charge in [0.25, 0.3) is 0 Å². The van der Waals surface area contributed by atoms with Crippen molar-refractivity contribution in [2.75, 3.05) is 11.6 Å². The normalized spacial score (nSPS) is 11.4. The van der Waals surface area contributed by atoms with Crippen LogP contribution < -0.4 is 5.34 Å².